The second kappa shape index (κ2) is 3.38. The van der Waals surface area contributed by atoms with Crippen LogP contribution in [0.4, 0.5) is 0 Å². The quantitative estimate of drug-likeness (QED) is 0.740. The number of aromatic nitrogens is 1. The average molecular weight is 179 g/mol. The van der Waals surface area contributed by atoms with Gasteiger partial charge in [0.1, 0.15) is 0 Å². The maximum Gasteiger partial charge on any atom is 0.0830 e. The molecule has 0 fully saturated rings. The lowest BCUT2D eigenvalue weighted by Gasteiger charge is -2.16. The number of rotatable bonds is 2. The summed E-state index contributed by atoms with van der Waals surface area (Å²) in [6.07, 6.45) is 3.94. The first-order chi connectivity index (χ1) is 5.95. The first-order valence-corrected chi connectivity index (χ1v) is 4.42. The fourth-order valence-electron chi connectivity index (χ4n) is 1.12. The van der Waals surface area contributed by atoms with E-state index in [0.29, 0.717) is 5.70 Å². The van der Waals surface area contributed by atoms with Crippen LogP contribution in [0.2, 0.25) is 0 Å². The Morgan fingerprint density at radius 1 is 1.54 bits per heavy atom. The van der Waals surface area contributed by atoms with Gasteiger partial charge in [0.15, 0.2) is 0 Å². The molecule has 0 aromatic carbocycles. The van der Waals surface area contributed by atoms with Gasteiger partial charge in [0.2, 0.25) is 0 Å². The van der Waals surface area contributed by atoms with E-state index in [9.17, 15) is 0 Å². The molecule has 0 atom stereocenters. The van der Waals surface area contributed by atoms with Crippen LogP contribution < -0.4 is 0 Å². The van der Waals surface area contributed by atoms with E-state index in [-0.39, 0.29) is 12.0 Å². The van der Waals surface area contributed by atoms with Crippen LogP contribution in [0.1, 0.15) is 26.3 Å². The summed E-state index contributed by atoms with van der Waals surface area (Å²) >= 11 is 0. The SMILES string of the molecule is C=C(CO)n1ccc(C(C)(C)C)c1. The molecule has 0 aliphatic rings. The minimum absolute atomic E-state index is 0.00172. The number of aliphatic hydroxyl groups is 1. The van der Waals surface area contributed by atoms with Crippen molar-refractivity contribution in [2.75, 3.05) is 6.61 Å². The summed E-state index contributed by atoms with van der Waals surface area (Å²) in [6.45, 7) is 10.2. The highest BCUT2D eigenvalue weighted by Gasteiger charge is 2.14. The molecule has 0 radical (unpaired) electrons. The first-order valence-electron chi connectivity index (χ1n) is 4.42. The Hall–Kier alpha value is -1.02. The van der Waals surface area contributed by atoms with Crippen molar-refractivity contribution in [3.8, 4) is 0 Å². The molecule has 0 saturated carbocycles. The molecular formula is C11H17NO. The maximum atomic E-state index is 8.88. The molecule has 0 aliphatic carbocycles. The number of aliphatic hydroxyl groups excluding tert-OH is 1. The minimum atomic E-state index is -0.00172. The Morgan fingerprint density at radius 2 is 2.15 bits per heavy atom. The summed E-state index contributed by atoms with van der Waals surface area (Å²) < 4.78 is 1.86. The second-order valence-electron chi connectivity index (χ2n) is 4.28. The van der Waals surface area contributed by atoms with Crippen molar-refractivity contribution >= 4 is 5.70 Å². The maximum absolute atomic E-state index is 8.88. The Bertz CT molecular complexity index is 304. The van der Waals surface area contributed by atoms with Gasteiger partial charge in [-0.1, -0.05) is 27.4 Å². The molecule has 0 spiro atoms. The normalized spacial score (nSPS) is 11.7. The minimum Gasteiger partial charge on any atom is -0.390 e. The fraction of sp³-hybridized carbons (Fsp3) is 0.455. The van der Waals surface area contributed by atoms with Gasteiger partial charge in [-0.3, -0.25) is 0 Å². The molecule has 1 aromatic rings. The van der Waals surface area contributed by atoms with Gasteiger partial charge in [0.25, 0.3) is 0 Å². The summed E-state index contributed by atoms with van der Waals surface area (Å²) in [5.74, 6) is 0. The van der Waals surface area contributed by atoms with Crippen LogP contribution in [0.5, 0.6) is 0 Å². The third-order valence-corrected chi connectivity index (χ3v) is 2.11. The fourth-order valence-corrected chi connectivity index (χ4v) is 1.12. The van der Waals surface area contributed by atoms with Gasteiger partial charge >= 0.3 is 0 Å². The Labute approximate surface area is 79.5 Å². The molecule has 0 amide bonds. The smallest absolute Gasteiger partial charge is 0.0830 e. The third kappa shape index (κ3) is 2.22. The topological polar surface area (TPSA) is 25.2 Å². The molecule has 2 nitrogen and oxygen atoms in total. The van der Waals surface area contributed by atoms with Crippen molar-refractivity contribution < 1.29 is 5.11 Å². The Morgan fingerprint density at radius 3 is 2.54 bits per heavy atom. The molecule has 2 heteroatoms. The lowest BCUT2D eigenvalue weighted by Crippen LogP contribution is -2.09. The highest BCUT2D eigenvalue weighted by Crippen LogP contribution is 2.22. The van der Waals surface area contributed by atoms with Crippen LogP contribution in [0.15, 0.2) is 25.0 Å². The predicted octanol–water partition coefficient (Wildman–Crippen LogP) is 2.25. The molecule has 0 unspecified atom stereocenters. The average Bonchev–Trinajstić information content (AvgIpc) is 2.50. The lowest BCUT2D eigenvalue weighted by molar-refractivity contribution is 0.344. The van der Waals surface area contributed by atoms with Gasteiger partial charge in [-0.2, -0.15) is 0 Å². The molecule has 1 heterocycles. The van der Waals surface area contributed by atoms with E-state index < -0.39 is 0 Å². The molecule has 1 aromatic heterocycles. The number of nitrogens with zero attached hydrogens (tertiary/aromatic N) is 1. The molecule has 0 aliphatic heterocycles. The van der Waals surface area contributed by atoms with Gasteiger partial charge < -0.3 is 9.67 Å². The predicted molar refractivity (Wildman–Crippen MR) is 55.5 cm³/mol. The van der Waals surface area contributed by atoms with E-state index in [2.05, 4.69) is 33.4 Å². The summed E-state index contributed by atoms with van der Waals surface area (Å²) in [4.78, 5) is 0. The van der Waals surface area contributed by atoms with Gasteiger partial charge in [0, 0.05) is 18.1 Å². The zero-order chi connectivity index (χ0) is 10.1. The molecule has 13 heavy (non-hydrogen) atoms. The van der Waals surface area contributed by atoms with Crippen molar-refractivity contribution in [1.82, 2.24) is 4.57 Å². The first kappa shape index (κ1) is 10.1. The largest absolute Gasteiger partial charge is 0.390 e. The van der Waals surface area contributed by atoms with Crippen molar-refractivity contribution in [2.45, 2.75) is 26.2 Å². The lowest BCUT2D eigenvalue weighted by atomic mass is 9.89. The van der Waals surface area contributed by atoms with Gasteiger partial charge in [-0.05, 0) is 17.0 Å². The molecular weight excluding hydrogens is 162 g/mol. The summed E-state index contributed by atoms with van der Waals surface area (Å²) in [5.41, 5.74) is 2.11. The Kier molecular flexibility index (Phi) is 2.62. The zero-order valence-electron chi connectivity index (χ0n) is 8.54. The Balaban J connectivity index is 2.93. The summed E-state index contributed by atoms with van der Waals surface area (Å²) in [5, 5.41) is 8.88. The summed E-state index contributed by atoms with van der Waals surface area (Å²) in [7, 11) is 0. The molecule has 0 bridgehead atoms. The van der Waals surface area contributed by atoms with Crippen LogP contribution in [0.25, 0.3) is 5.70 Å². The van der Waals surface area contributed by atoms with E-state index in [0.717, 1.165) is 0 Å². The zero-order valence-corrected chi connectivity index (χ0v) is 8.54. The third-order valence-electron chi connectivity index (χ3n) is 2.11. The molecule has 1 rings (SSSR count). The summed E-state index contributed by atoms with van der Waals surface area (Å²) in [6, 6.07) is 2.06. The highest BCUT2D eigenvalue weighted by atomic mass is 16.3. The standard InChI is InChI=1S/C11H17NO/c1-9(8-13)12-6-5-10(7-12)11(2,3)4/h5-7,13H,1,8H2,2-4H3. The van der Waals surface area contributed by atoms with E-state index in [1.54, 1.807) is 0 Å². The van der Waals surface area contributed by atoms with Gasteiger partial charge in [-0.25, -0.2) is 0 Å². The van der Waals surface area contributed by atoms with Crippen LogP contribution in [-0.4, -0.2) is 16.3 Å². The van der Waals surface area contributed by atoms with E-state index in [1.807, 2.05) is 17.0 Å². The molecule has 0 saturated heterocycles. The van der Waals surface area contributed by atoms with Crippen LogP contribution in [0, 0.1) is 0 Å². The van der Waals surface area contributed by atoms with E-state index in [4.69, 9.17) is 5.11 Å². The number of hydrogen-bond acceptors (Lipinski definition) is 1. The van der Waals surface area contributed by atoms with Crippen LogP contribution >= 0.6 is 0 Å². The van der Waals surface area contributed by atoms with E-state index >= 15 is 0 Å². The highest BCUT2D eigenvalue weighted by molar-refractivity contribution is 5.43. The van der Waals surface area contributed by atoms with E-state index in [1.165, 1.54) is 5.56 Å². The second-order valence-corrected chi connectivity index (χ2v) is 4.28. The van der Waals surface area contributed by atoms with Crippen molar-refractivity contribution in [3.05, 3.63) is 30.6 Å². The van der Waals surface area contributed by atoms with Gasteiger partial charge in [-0.15, -0.1) is 0 Å². The van der Waals surface area contributed by atoms with Gasteiger partial charge in [0.05, 0.1) is 6.61 Å². The van der Waals surface area contributed by atoms with Crippen molar-refractivity contribution in [2.24, 2.45) is 0 Å². The van der Waals surface area contributed by atoms with Crippen LogP contribution in [-0.2, 0) is 5.41 Å². The number of hydrogen-bond donors (Lipinski definition) is 1. The monoisotopic (exact) mass is 179 g/mol. The van der Waals surface area contributed by atoms with Crippen LogP contribution in [0.3, 0.4) is 0 Å². The molecule has 1 N–H and O–H groups in total. The van der Waals surface area contributed by atoms with Crippen molar-refractivity contribution in [1.29, 1.82) is 0 Å². The van der Waals surface area contributed by atoms with Crippen molar-refractivity contribution in [3.63, 3.8) is 0 Å². The molecule has 72 valence electrons.